The van der Waals surface area contributed by atoms with E-state index < -0.39 is 0 Å². The maximum atomic E-state index is 6.46. The normalized spacial score (nSPS) is 15.7. The predicted molar refractivity (Wildman–Crippen MR) is 190 cm³/mol. The number of fused-ring (bicyclic) bond motifs is 8. The number of para-hydroxylation sites is 3. The number of benzene rings is 6. The Morgan fingerprint density at radius 3 is 2.33 bits per heavy atom. The van der Waals surface area contributed by atoms with E-state index in [4.69, 9.17) is 4.42 Å². The average Bonchev–Trinajstić information content (AvgIpc) is 3.57. The summed E-state index contributed by atoms with van der Waals surface area (Å²) in [5.74, 6) is 0. The fraction of sp³-hybridized carbons (Fsp3) is 0.0732. The van der Waals surface area contributed by atoms with Gasteiger partial charge in [-0.05, 0) is 53.0 Å². The van der Waals surface area contributed by atoms with Crippen molar-refractivity contribution in [2.75, 3.05) is 4.90 Å². The Labute approximate surface area is 267 Å². The zero-order valence-electron chi connectivity index (χ0n) is 25.0. The topological polar surface area (TPSA) is 16.4 Å². The summed E-state index contributed by atoms with van der Waals surface area (Å²) >= 11 is 1.90. The summed E-state index contributed by atoms with van der Waals surface area (Å²) in [4.78, 5) is 5.19. The molecule has 6 aromatic carbocycles. The number of furan rings is 1. The second-order valence-electron chi connectivity index (χ2n) is 12.9. The van der Waals surface area contributed by atoms with Crippen molar-refractivity contribution in [2.24, 2.45) is 0 Å². The van der Waals surface area contributed by atoms with Gasteiger partial charge in [0, 0.05) is 54.2 Å². The van der Waals surface area contributed by atoms with Crippen LogP contribution in [0.1, 0.15) is 25.0 Å². The first kappa shape index (κ1) is 25.4. The average molecular weight is 594 g/mol. The summed E-state index contributed by atoms with van der Waals surface area (Å²) < 4.78 is 6.46. The van der Waals surface area contributed by atoms with Crippen molar-refractivity contribution < 1.29 is 4.42 Å². The van der Waals surface area contributed by atoms with Crippen molar-refractivity contribution in [1.82, 2.24) is 0 Å². The zero-order valence-corrected chi connectivity index (χ0v) is 25.9. The summed E-state index contributed by atoms with van der Waals surface area (Å²) in [5.41, 5.74) is 14.9. The van der Waals surface area contributed by atoms with E-state index in [0.29, 0.717) is 0 Å². The van der Waals surface area contributed by atoms with Crippen molar-refractivity contribution in [3.63, 3.8) is 0 Å². The van der Waals surface area contributed by atoms with E-state index >= 15 is 0 Å². The minimum Gasteiger partial charge on any atom is -0.455 e. The quantitative estimate of drug-likeness (QED) is 0.186. The fourth-order valence-corrected chi connectivity index (χ4v) is 9.41. The van der Waals surface area contributed by atoms with Crippen LogP contribution >= 0.6 is 11.8 Å². The Kier molecular flexibility index (Phi) is 5.11. The lowest BCUT2D eigenvalue weighted by Crippen LogP contribution is -2.55. The summed E-state index contributed by atoms with van der Waals surface area (Å²) in [5, 5.41) is 2.33. The molecule has 0 fully saturated rings. The van der Waals surface area contributed by atoms with Crippen molar-refractivity contribution in [1.29, 1.82) is 0 Å². The van der Waals surface area contributed by atoms with Gasteiger partial charge in [-0.2, -0.15) is 0 Å². The van der Waals surface area contributed by atoms with Crippen molar-refractivity contribution in [3.05, 3.63) is 150 Å². The second-order valence-corrected chi connectivity index (χ2v) is 13.9. The van der Waals surface area contributed by atoms with E-state index in [1.807, 2.05) is 17.8 Å². The summed E-state index contributed by atoms with van der Waals surface area (Å²) in [7, 11) is 0. The van der Waals surface area contributed by atoms with Crippen LogP contribution in [0.2, 0.25) is 0 Å². The van der Waals surface area contributed by atoms with Gasteiger partial charge in [0.1, 0.15) is 11.2 Å². The molecule has 0 spiro atoms. The van der Waals surface area contributed by atoms with Crippen LogP contribution in [0.3, 0.4) is 0 Å². The second kappa shape index (κ2) is 9.06. The standard InChI is InChI=1S/C41H28BNOS/c1-41(2)31-18-8-6-15-30(31)38-40(41)42-32-23-22-25(27-16-10-17-29-28-14-7-9-20-34(28)44-39(27)29)24-36(32)45-35-21-11-19-33(37(35)42)43(38)26-12-4-3-5-13-26/h3-24H,1-2H3. The highest BCUT2D eigenvalue weighted by Gasteiger charge is 2.51. The van der Waals surface area contributed by atoms with Crippen molar-refractivity contribution in [3.8, 4) is 11.1 Å². The molecule has 0 saturated heterocycles. The molecule has 0 radical (unpaired) electrons. The molecule has 212 valence electrons. The summed E-state index contributed by atoms with van der Waals surface area (Å²) in [6.45, 7) is 5.01. The molecular weight excluding hydrogens is 565 g/mol. The molecule has 0 amide bonds. The van der Waals surface area contributed by atoms with E-state index in [1.54, 1.807) is 0 Å². The van der Waals surface area contributed by atoms with Gasteiger partial charge in [0.25, 0.3) is 0 Å². The third kappa shape index (κ3) is 3.38. The largest absolute Gasteiger partial charge is 0.455 e. The lowest BCUT2D eigenvalue weighted by Gasteiger charge is -2.42. The molecule has 2 aliphatic heterocycles. The lowest BCUT2D eigenvalue weighted by molar-refractivity contribution is 0.665. The Morgan fingerprint density at radius 1 is 0.667 bits per heavy atom. The molecule has 0 unspecified atom stereocenters. The molecule has 3 heterocycles. The number of hydrogen-bond acceptors (Lipinski definition) is 3. The number of anilines is 2. The van der Waals surface area contributed by atoms with Gasteiger partial charge in [0.05, 0.1) is 0 Å². The van der Waals surface area contributed by atoms with E-state index in [2.05, 4.69) is 146 Å². The third-order valence-electron chi connectivity index (χ3n) is 10.1. The summed E-state index contributed by atoms with van der Waals surface area (Å²) in [6, 6.07) is 48.8. The van der Waals surface area contributed by atoms with Crippen LogP contribution < -0.4 is 15.8 Å². The van der Waals surface area contributed by atoms with Gasteiger partial charge in [0.2, 0.25) is 6.71 Å². The van der Waals surface area contributed by atoms with E-state index in [1.165, 1.54) is 60.0 Å². The highest BCUT2D eigenvalue weighted by Crippen LogP contribution is 2.55. The number of hydrogen-bond donors (Lipinski definition) is 0. The Bertz CT molecular complexity index is 2400. The molecule has 1 aliphatic carbocycles. The molecule has 2 nitrogen and oxygen atoms in total. The van der Waals surface area contributed by atoms with Crippen molar-refractivity contribution in [2.45, 2.75) is 29.1 Å². The number of rotatable bonds is 2. The van der Waals surface area contributed by atoms with Crippen LogP contribution in [0.25, 0.3) is 38.8 Å². The maximum Gasteiger partial charge on any atom is 0.246 e. The molecule has 4 heteroatoms. The first-order valence-electron chi connectivity index (χ1n) is 15.6. The molecule has 0 bridgehead atoms. The van der Waals surface area contributed by atoms with E-state index in [0.717, 1.165) is 27.5 Å². The van der Waals surface area contributed by atoms with Crippen LogP contribution in [0.4, 0.5) is 11.4 Å². The Balaban J connectivity index is 1.22. The van der Waals surface area contributed by atoms with Gasteiger partial charge >= 0.3 is 0 Å². The number of allylic oxidation sites excluding steroid dienone is 1. The molecule has 10 rings (SSSR count). The third-order valence-corrected chi connectivity index (χ3v) is 11.3. The minimum absolute atomic E-state index is 0.133. The maximum absolute atomic E-state index is 6.46. The molecule has 45 heavy (non-hydrogen) atoms. The Morgan fingerprint density at radius 2 is 1.42 bits per heavy atom. The highest BCUT2D eigenvalue weighted by molar-refractivity contribution is 8.00. The van der Waals surface area contributed by atoms with Gasteiger partial charge in [0.15, 0.2) is 0 Å². The fourth-order valence-electron chi connectivity index (χ4n) is 8.21. The van der Waals surface area contributed by atoms with Gasteiger partial charge < -0.3 is 9.32 Å². The minimum atomic E-state index is -0.133. The van der Waals surface area contributed by atoms with Crippen LogP contribution in [0.5, 0.6) is 0 Å². The predicted octanol–water partition coefficient (Wildman–Crippen LogP) is 9.72. The van der Waals surface area contributed by atoms with Crippen LogP contribution in [0.15, 0.2) is 153 Å². The van der Waals surface area contributed by atoms with Gasteiger partial charge in [-0.15, -0.1) is 0 Å². The molecule has 0 N–H and O–H groups in total. The van der Waals surface area contributed by atoms with Gasteiger partial charge in [-0.25, -0.2) is 0 Å². The Hall–Kier alpha value is -4.93. The molecule has 0 saturated carbocycles. The smallest absolute Gasteiger partial charge is 0.246 e. The number of nitrogens with zero attached hydrogens (tertiary/aromatic N) is 1. The zero-order chi connectivity index (χ0) is 29.9. The first-order chi connectivity index (χ1) is 22.1. The van der Waals surface area contributed by atoms with Crippen LogP contribution in [-0.4, -0.2) is 6.71 Å². The molecule has 3 aliphatic rings. The van der Waals surface area contributed by atoms with Crippen molar-refractivity contribution >= 4 is 68.4 Å². The molecule has 1 aromatic heterocycles. The SMILES string of the molecule is CC1(C)C2=C(c3ccccc31)N(c1ccccc1)c1cccc3c1B2c1ccc(-c2cccc4c2oc2ccccc24)cc1S3. The van der Waals surface area contributed by atoms with E-state index in [-0.39, 0.29) is 12.1 Å². The van der Waals surface area contributed by atoms with E-state index in [9.17, 15) is 0 Å². The monoisotopic (exact) mass is 593 g/mol. The molecule has 7 aromatic rings. The van der Waals surface area contributed by atoms with Gasteiger partial charge in [-0.1, -0.05) is 134 Å². The lowest BCUT2D eigenvalue weighted by atomic mass is 9.31. The van der Waals surface area contributed by atoms with Crippen LogP contribution in [-0.2, 0) is 5.41 Å². The van der Waals surface area contributed by atoms with Crippen LogP contribution in [0, 0.1) is 0 Å². The molecular formula is C41H28BNOS. The summed E-state index contributed by atoms with van der Waals surface area (Å²) in [6.07, 6.45) is 0. The highest BCUT2D eigenvalue weighted by atomic mass is 32.2. The van der Waals surface area contributed by atoms with Gasteiger partial charge in [-0.3, -0.25) is 0 Å². The molecule has 0 atom stereocenters. The first-order valence-corrected chi connectivity index (χ1v) is 16.5.